The normalized spacial score (nSPS) is 22.2. The molecule has 10 heavy (non-hydrogen) atoms. The molecule has 1 heterocycles. The van der Waals surface area contributed by atoms with Gasteiger partial charge in [0.25, 0.3) is 0 Å². The predicted octanol–water partition coefficient (Wildman–Crippen LogP) is 0.00970. The van der Waals surface area contributed by atoms with E-state index in [1.54, 1.807) is 0 Å². The Morgan fingerprint density at radius 1 is 1.70 bits per heavy atom. The summed E-state index contributed by atoms with van der Waals surface area (Å²) in [6.45, 7) is 4.43. The molecule has 0 bridgehead atoms. The van der Waals surface area contributed by atoms with E-state index < -0.39 is 0 Å². The highest BCUT2D eigenvalue weighted by atomic mass is 16.6. The third-order valence-corrected chi connectivity index (χ3v) is 1.68. The summed E-state index contributed by atoms with van der Waals surface area (Å²) in [4.78, 5) is 0. The molecule has 1 unspecified atom stereocenters. The molecule has 0 saturated carbocycles. The van der Waals surface area contributed by atoms with E-state index >= 15 is 0 Å². The summed E-state index contributed by atoms with van der Waals surface area (Å²) in [7, 11) is 1.94. The van der Waals surface area contributed by atoms with E-state index in [9.17, 15) is 0 Å². The molecule has 1 N–H and O–H groups in total. The lowest BCUT2D eigenvalue weighted by molar-refractivity contribution is -0.132. The SMILES string of the molecule is CNC(C)COC1COC1. The standard InChI is InChI=1S/C7H15NO2/c1-6(8-2)3-10-7-4-9-5-7/h6-8H,3-5H2,1-2H3. The Morgan fingerprint density at radius 3 is 2.80 bits per heavy atom. The van der Waals surface area contributed by atoms with Crippen LogP contribution in [0.1, 0.15) is 6.92 Å². The molecule has 0 aromatic carbocycles. The largest absolute Gasteiger partial charge is 0.376 e. The Bertz CT molecular complexity index is 88.9. The van der Waals surface area contributed by atoms with E-state index in [1.165, 1.54) is 0 Å². The van der Waals surface area contributed by atoms with Gasteiger partial charge in [0.15, 0.2) is 0 Å². The molecule has 0 aromatic heterocycles. The zero-order valence-electron chi connectivity index (χ0n) is 6.59. The molecular weight excluding hydrogens is 130 g/mol. The van der Waals surface area contributed by atoms with E-state index in [4.69, 9.17) is 9.47 Å². The molecule has 0 aliphatic carbocycles. The molecule has 60 valence electrons. The summed E-state index contributed by atoms with van der Waals surface area (Å²) < 4.78 is 10.4. The maximum Gasteiger partial charge on any atom is 0.104 e. The van der Waals surface area contributed by atoms with Crippen molar-refractivity contribution in [1.29, 1.82) is 0 Å². The van der Waals surface area contributed by atoms with Crippen LogP contribution in [0.2, 0.25) is 0 Å². The van der Waals surface area contributed by atoms with Crippen LogP contribution < -0.4 is 5.32 Å². The minimum atomic E-state index is 0.357. The molecule has 3 nitrogen and oxygen atoms in total. The number of ether oxygens (including phenoxy) is 2. The molecule has 0 aromatic rings. The highest BCUT2D eigenvalue weighted by molar-refractivity contribution is 4.66. The van der Waals surface area contributed by atoms with Crippen molar-refractivity contribution >= 4 is 0 Å². The molecule has 3 heteroatoms. The molecule has 1 atom stereocenters. The minimum absolute atomic E-state index is 0.357. The summed E-state index contributed by atoms with van der Waals surface area (Å²) in [6, 6.07) is 0.445. The summed E-state index contributed by atoms with van der Waals surface area (Å²) in [5.74, 6) is 0. The molecule has 1 rings (SSSR count). The fraction of sp³-hybridized carbons (Fsp3) is 1.00. The van der Waals surface area contributed by atoms with Crippen molar-refractivity contribution in [2.24, 2.45) is 0 Å². The van der Waals surface area contributed by atoms with Crippen LogP contribution >= 0.6 is 0 Å². The fourth-order valence-corrected chi connectivity index (χ4v) is 0.674. The smallest absolute Gasteiger partial charge is 0.104 e. The zero-order chi connectivity index (χ0) is 7.40. The van der Waals surface area contributed by atoms with Crippen LogP contribution in [0.15, 0.2) is 0 Å². The average Bonchev–Trinajstić information content (AvgIpc) is 1.84. The lowest BCUT2D eigenvalue weighted by Crippen LogP contribution is -2.39. The Hall–Kier alpha value is -0.120. The highest BCUT2D eigenvalue weighted by Crippen LogP contribution is 2.04. The first-order valence-electron chi connectivity index (χ1n) is 3.69. The fourth-order valence-electron chi connectivity index (χ4n) is 0.674. The Balaban J connectivity index is 1.93. The molecule has 0 spiro atoms. The monoisotopic (exact) mass is 145 g/mol. The maximum absolute atomic E-state index is 5.44. The Morgan fingerprint density at radius 2 is 2.40 bits per heavy atom. The molecule has 0 radical (unpaired) electrons. The van der Waals surface area contributed by atoms with Crippen LogP contribution in [-0.4, -0.2) is 39.0 Å². The second-order valence-electron chi connectivity index (χ2n) is 2.68. The van der Waals surface area contributed by atoms with Crippen LogP contribution in [-0.2, 0) is 9.47 Å². The van der Waals surface area contributed by atoms with Gasteiger partial charge in [0.1, 0.15) is 6.10 Å². The van der Waals surface area contributed by atoms with Gasteiger partial charge in [-0.1, -0.05) is 0 Å². The quantitative estimate of drug-likeness (QED) is 0.604. The lowest BCUT2D eigenvalue weighted by Gasteiger charge is -2.27. The highest BCUT2D eigenvalue weighted by Gasteiger charge is 2.18. The minimum Gasteiger partial charge on any atom is -0.376 e. The Labute approximate surface area is 61.7 Å². The molecule has 1 aliphatic heterocycles. The van der Waals surface area contributed by atoms with Crippen LogP contribution in [0.4, 0.5) is 0 Å². The van der Waals surface area contributed by atoms with Crippen molar-refractivity contribution in [2.75, 3.05) is 26.9 Å². The maximum atomic E-state index is 5.44. The number of nitrogens with one attached hydrogen (secondary N) is 1. The molecule has 1 saturated heterocycles. The van der Waals surface area contributed by atoms with E-state index in [0.29, 0.717) is 12.1 Å². The van der Waals surface area contributed by atoms with Crippen LogP contribution in [0.5, 0.6) is 0 Å². The van der Waals surface area contributed by atoms with Crippen molar-refractivity contribution in [3.05, 3.63) is 0 Å². The van der Waals surface area contributed by atoms with Crippen molar-refractivity contribution in [2.45, 2.75) is 19.1 Å². The number of rotatable bonds is 4. The van der Waals surface area contributed by atoms with Gasteiger partial charge in [-0.05, 0) is 14.0 Å². The van der Waals surface area contributed by atoms with Crippen molar-refractivity contribution in [3.63, 3.8) is 0 Å². The van der Waals surface area contributed by atoms with Crippen molar-refractivity contribution in [1.82, 2.24) is 5.32 Å². The van der Waals surface area contributed by atoms with E-state index in [0.717, 1.165) is 19.8 Å². The summed E-state index contributed by atoms with van der Waals surface area (Å²) in [5, 5.41) is 3.10. The van der Waals surface area contributed by atoms with Crippen LogP contribution in [0.3, 0.4) is 0 Å². The van der Waals surface area contributed by atoms with Gasteiger partial charge >= 0.3 is 0 Å². The number of likely N-dealkylation sites (N-methyl/N-ethyl adjacent to an activating group) is 1. The zero-order valence-corrected chi connectivity index (χ0v) is 6.59. The average molecular weight is 145 g/mol. The van der Waals surface area contributed by atoms with E-state index in [2.05, 4.69) is 12.2 Å². The van der Waals surface area contributed by atoms with Crippen LogP contribution in [0.25, 0.3) is 0 Å². The number of hydrogen-bond donors (Lipinski definition) is 1. The van der Waals surface area contributed by atoms with Crippen molar-refractivity contribution in [3.8, 4) is 0 Å². The van der Waals surface area contributed by atoms with Gasteiger partial charge in [0.2, 0.25) is 0 Å². The van der Waals surface area contributed by atoms with Gasteiger partial charge < -0.3 is 14.8 Å². The first kappa shape index (κ1) is 7.98. The second kappa shape index (κ2) is 3.91. The first-order valence-corrected chi connectivity index (χ1v) is 3.69. The lowest BCUT2D eigenvalue weighted by atomic mass is 10.3. The van der Waals surface area contributed by atoms with Gasteiger partial charge in [-0.3, -0.25) is 0 Å². The van der Waals surface area contributed by atoms with E-state index in [-0.39, 0.29) is 0 Å². The third kappa shape index (κ3) is 2.25. The molecule has 1 aliphatic rings. The number of hydrogen-bond acceptors (Lipinski definition) is 3. The predicted molar refractivity (Wildman–Crippen MR) is 39.1 cm³/mol. The van der Waals surface area contributed by atoms with Gasteiger partial charge in [-0.25, -0.2) is 0 Å². The van der Waals surface area contributed by atoms with Gasteiger partial charge in [0.05, 0.1) is 19.8 Å². The summed E-state index contributed by atoms with van der Waals surface area (Å²) in [6.07, 6.45) is 0.357. The molecule has 1 fully saturated rings. The Kier molecular flexibility index (Phi) is 3.12. The third-order valence-electron chi connectivity index (χ3n) is 1.68. The molecular formula is C7H15NO2. The first-order chi connectivity index (χ1) is 4.83. The molecule has 0 amide bonds. The van der Waals surface area contributed by atoms with Crippen molar-refractivity contribution < 1.29 is 9.47 Å². The summed E-state index contributed by atoms with van der Waals surface area (Å²) in [5.41, 5.74) is 0. The van der Waals surface area contributed by atoms with Crippen LogP contribution in [0, 0.1) is 0 Å². The second-order valence-corrected chi connectivity index (χ2v) is 2.68. The van der Waals surface area contributed by atoms with Gasteiger partial charge in [0, 0.05) is 6.04 Å². The topological polar surface area (TPSA) is 30.5 Å². The van der Waals surface area contributed by atoms with E-state index in [1.807, 2.05) is 7.05 Å². The van der Waals surface area contributed by atoms with Gasteiger partial charge in [-0.2, -0.15) is 0 Å². The van der Waals surface area contributed by atoms with Gasteiger partial charge in [-0.15, -0.1) is 0 Å². The summed E-state index contributed by atoms with van der Waals surface area (Å²) >= 11 is 0.